The van der Waals surface area contributed by atoms with Gasteiger partial charge in [-0.05, 0) is 51.2 Å². The molecule has 0 aromatic carbocycles. The van der Waals surface area contributed by atoms with E-state index < -0.39 is 0 Å². The Morgan fingerprint density at radius 2 is 2.00 bits per heavy atom. The minimum atomic E-state index is -0.381. The third-order valence-corrected chi connectivity index (χ3v) is 3.56. The second-order valence-corrected chi connectivity index (χ2v) is 5.21. The molecule has 1 rings (SSSR count). The SMILES string of the molecule is CC(=O)CCCC1(C)CCC(C(C)=O)=CC1=O. The molecule has 17 heavy (non-hydrogen) atoms. The van der Waals surface area contributed by atoms with Crippen molar-refractivity contribution in [3.05, 3.63) is 11.6 Å². The van der Waals surface area contributed by atoms with Crippen molar-refractivity contribution in [1.29, 1.82) is 0 Å². The molecule has 0 saturated heterocycles. The van der Waals surface area contributed by atoms with Crippen molar-refractivity contribution in [1.82, 2.24) is 0 Å². The van der Waals surface area contributed by atoms with Gasteiger partial charge >= 0.3 is 0 Å². The van der Waals surface area contributed by atoms with E-state index in [0.717, 1.165) is 19.3 Å². The van der Waals surface area contributed by atoms with Crippen molar-refractivity contribution in [3.8, 4) is 0 Å². The second kappa shape index (κ2) is 5.39. The zero-order chi connectivity index (χ0) is 13.1. The van der Waals surface area contributed by atoms with Gasteiger partial charge in [-0.25, -0.2) is 0 Å². The molecule has 0 radical (unpaired) electrons. The largest absolute Gasteiger partial charge is 0.300 e. The minimum Gasteiger partial charge on any atom is -0.300 e. The van der Waals surface area contributed by atoms with Crippen LogP contribution in [0.15, 0.2) is 11.6 Å². The fourth-order valence-electron chi connectivity index (χ4n) is 2.19. The summed E-state index contributed by atoms with van der Waals surface area (Å²) in [6.07, 6.45) is 4.91. The van der Waals surface area contributed by atoms with E-state index in [1.165, 1.54) is 13.0 Å². The smallest absolute Gasteiger partial charge is 0.161 e. The Labute approximate surface area is 102 Å². The van der Waals surface area contributed by atoms with Crippen LogP contribution in [0.5, 0.6) is 0 Å². The summed E-state index contributed by atoms with van der Waals surface area (Å²) in [6, 6.07) is 0. The van der Waals surface area contributed by atoms with Gasteiger partial charge in [-0.2, -0.15) is 0 Å². The van der Waals surface area contributed by atoms with Crippen LogP contribution in [-0.4, -0.2) is 17.3 Å². The van der Waals surface area contributed by atoms with Gasteiger partial charge in [0.25, 0.3) is 0 Å². The highest BCUT2D eigenvalue weighted by Crippen LogP contribution is 2.36. The summed E-state index contributed by atoms with van der Waals surface area (Å²) >= 11 is 0. The van der Waals surface area contributed by atoms with Crippen LogP contribution in [0, 0.1) is 5.41 Å². The standard InChI is InChI=1S/C14H20O3/c1-10(15)5-4-7-14(3)8-6-12(11(2)16)9-13(14)17/h9H,4-8H2,1-3H3. The fraction of sp³-hybridized carbons (Fsp3) is 0.643. The van der Waals surface area contributed by atoms with E-state index in [0.29, 0.717) is 18.4 Å². The Balaban J connectivity index is 2.64. The number of rotatable bonds is 5. The lowest BCUT2D eigenvalue weighted by Crippen LogP contribution is -2.30. The van der Waals surface area contributed by atoms with E-state index in [4.69, 9.17) is 0 Å². The molecule has 0 heterocycles. The molecule has 0 aromatic rings. The van der Waals surface area contributed by atoms with E-state index in [2.05, 4.69) is 0 Å². The van der Waals surface area contributed by atoms with Gasteiger partial charge in [0.15, 0.2) is 11.6 Å². The first-order chi connectivity index (χ1) is 7.85. The number of Topliss-reactive ketones (excluding diaryl/α,β-unsaturated/α-hetero) is 2. The number of carbonyl (C=O) groups is 3. The summed E-state index contributed by atoms with van der Waals surface area (Å²) in [5, 5.41) is 0. The number of carbonyl (C=O) groups excluding carboxylic acids is 3. The molecule has 1 aliphatic rings. The third-order valence-electron chi connectivity index (χ3n) is 3.56. The molecule has 1 aliphatic carbocycles. The molecular weight excluding hydrogens is 216 g/mol. The molecule has 0 spiro atoms. The Bertz CT molecular complexity index is 379. The van der Waals surface area contributed by atoms with Crippen LogP contribution in [0.25, 0.3) is 0 Å². The Morgan fingerprint density at radius 3 is 2.47 bits per heavy atom. The van der Waals surface area contributed by atoms with Gasteiger partial charge in [-0.1, -0.05) is 6.92 Å². The topological polar surface area (TPSA) is 51.2 Å². The Morgan fingerprint density at radius 1 is 1.35 bits per heavy atom. The van der Waals surface area contributed by atoms with Gasteiger partial charge in [0.2, 0.25) is 0 Å². The van der Waals surface area contributed by atoms with Crippen LogP contribution >= 0.6 is 0 Å². The van der Waals surface area contributed by atoms with Crippen LogP contribution < -0.4 is 0 Å². The predicted octanol–water partition coefficient (Wildman–Crippen LogP) is 2.63. The fourth-order valence-corrected chi connectivity index (χ4v) is 2.19. The third kappa shape index (κ3) is 3.62. The van der Waals surface area contributed by atoms with Crippen molar-refractivity contribution in [2.45, 2.75) is 52.9 Å². The van der Waals surface area contributed by atoms with Crippen LogP contribution in [-0.2, 0) is 14.4 Å². The maximum absolute atomic E-state index is 12.0. The summed E-state index contributed by atoms with van der Waals surface area (Å²) in [5.41, 5.74) is 0.257. The minimum absolute atomic E-state index is 0.0101. The van der Waals surface area contributed by atoms with E-state index in [-0.39, 0.29) is 22.8 Å². The van der Waals surface area contributed by atoms with Crippen LogP contribution in [0.1, 0.15) is 52.9 Å². The first-order valence-corrected chi connectivity index (χ1v) is 6.10. The Hall–Kier alpha value is -1.25. The van der Waals surface area contributed by atoms with E-state index in [1.807, 2.05) is 6.92 Å². The van der Waals surface area contributed by atoms with Gasteiger partial charge in [-0.3, -0.25) is 9.59 Å². The molecule has 1 atom stereocenters. The van der Waals surface area contributed by atoms with Gasteiger partial charge in [-0.15, -0.1) is 0 Å². The molecule has 1 unspecified atom stereocenters. The lowest BCUT2D eigenvalue weighted by molar-refractivity contribution is -0.126. The maximum atomic E-state index is 12.0. The van der Waals surface area contributed by atoms with E-state index >= 15 is 0 Å². The van der Waals surface area contributed by atoms with E-state index in [1.54, 1.807) is 6.92 Å². The normalized spacial score (nSPS) is 24.4. The quantitative estimate of drug-likeness (QED) is 0.737. The van der Waals surface area contributed by atoms with Gasteiger partial charge in [0, 0.05) is 11.8 Å². The molecule has 0 aliphatic heterocycles. The lowest BCUT2D eigenvalue weighted by atomic mass is 9.72. The molecule has 94 valence electrons. The summed E-state index contributed by atoms with van der Waals surface area (Å²) in [4.78, 5) is 34.1. The summed E-state index contributed by atoms with van der Waals surface area (Å²) in [5.74, 6) is 0.193. The predicted molar refractivity (Wildman–Crippen MR) is 65.6 cm³/mol. The van der Waals surface area contributed by atoms with Gasteiger partial charge in [0.05, 0.1) is 0 Å². The Kier molecular flexibility index (Phi) is 4.38. The van der Waals surface area contributed by atoms with Crippen LogP contribution in [0.4, 0.5) is 0 Å². The van der Waals surface area contributed by atoms with Crippen molar-refractivity contribution in [2.24, 2.45) is 5.41 Å². The summed E-state index contributed by atoms with van der Waals surface area (Å²) < 4.78 is 0. The molecule has 0 amide bonds. The van der Waals surface area contributed by atoms with Crippen LogP contribution in [0.2, 0.25) is 0 Å². The molecule has 0 saturated carbocycles. The second-order valence-electron chi connectivity index (χ2n) is 5.21. The highest BCUT2D eigenvalue weighted by atomic mass is 16.1. The highest BCUT2D eigenvalue weighted by molar-refractivity contribution is 6.05. The van der Waals surface area contributed by atoms with Crippen LogP contribution in [0.3, 0.4) is 0 Å². The molecule has 3 nitrogen and oxygen atoms in total. The average Bonchev–Trinajstić information content (AvgIpc) is 2.21. The highest BCUT2D eigenvalue weighted by Gasteiger charge is 2.34. The monoisotopic (exact) mass is 236 g/mol. The van der Waals surface area contributed by atoms with Gasteiger partial charge < -0.3 is 4.79 Å². The molecule has 0 N–H and O–H groups in total. The lowest BCUT2D eigenvalue weighted by Gasteiger charge is -2.30. The van der Waals surface area contributed by atoms with E-state index in [9.17, 15) is 14.4 Å². The zero-order valence-electron chi connectivity index (χ0n) is 10.8. The molecular formula is C14H20O3. The summed E-state index contributed by atoms with van der Waals surface area (Å²) in [6.45, 7) is 5.00. The summed E-state index contributed by atoms with van der Waals surface area (Å²) in [7, 11) is 0. The van der Waals surface area contributed by atoms with Crippen molar-refractivity contribution in [3.63, 3.8) is 0 Å². The first kappa shape index (κ1) is 13.8. The molecule has 0 aromatic heterocycles. The number of hydrogen-bond acceptors (Lipinski definition) is 3. The van der Waals surface area contributed by atoms with Crippen molar-refractivity contribution >= 4 is 17.3 Å². The maximum Gasteiger partial charge on any atom is 0.161 e. The number of allylic oxidation sites excluding steroid dienone is 2. The van der Waals surface area contributed by atoms with Crippen molar-refractivity contribution in [2.75, 3.05) is 0 Å². The number of hydrogen-bond donors (Lipinski definition) is 0. The van der Waals surface area contributed by atoms with Crippen molar-refractivity contribution < 1.29 is 14.4 Å². The molecule has 3 heteroatoms. The number of ketones is 3. The zero-order valence-corrected chi connectivity index (χ0v) is 10.8. The average molecular weight is 236 g/mol. The van der Waals surface area contributed by atoms with Gasteiger partial charge in [0.1, 0.15) is 5.78 Å². The molecule has 0 bridgehead atoms. The first-order valence-electron chi connectivity index (χ1n) is 6.10. The molecule has 0 fully saturated rings.